The Morgan fingerprint density at radius 2 is 2.29 bits per heavy atom. The van der Waals surface area contributed by atoms with Crippen molar-refractivity contribution in [2.75, 3.05) is 19.0 Å². The number of hydrogen-bond acceptors (Lipinski definition) is 5. The van der Waals surface area contributed by atoms with E-state index in [0.29, 0.717) is 12.2 Å². The van der Waals surface area contributed by atoms with Crippen LogP contribution in [0.2, 0.25) is 0 Å². The summed E-state index contributed by atoms with van der Waals surface area (Å²) in [5.74, 6) is -0.304. The van der Waals surface area contributed by atoms with Crippen molar-refractivity contribution in [1.29, 1.82) is 0 Å². The summed E-state index contributed by atoms with van der Waals surface area (Å²) in [5.41, 5.74) is 7.26. The molecule has 3 N–H and O–H groups in total. The number of nitrogens with two attached hydrogens (primary N) is 1. The van der Waals surface area contributed by atoms with Gasteiger partial charge < -0.3 is 15.8 Å². The highest BCUT2D eigenvalue weighted by Crippen LogP contribution is 2.29. The summed E-state index contributed by atoms with van der Waals surface area (Å²) < 4.78 is 4.96. The van der Waals surface area contributed by atoms with E-state index in [2.05, 4.69) is 5.32 Å². The van der Waals surface area contributed by atoms with Crippen LogP contribution >= 0.6 is 11.8 Å². The zero-order valence-corrected chi connectivity index (χ0v) is 11.1. The van der Waals surface area contributed by atoms with Crippen LogP contribution in [0.4, 0.5) is 5.69 Å². The molecule has 0 heterocycles. The number of esters is 1. The minimum Gasteiger partial charge on any atom is -0.462 e. The molecule has 0 aliphatic heterocycles. The third-order valence-electron chi connectivity index (χ3n) is 2.07. The molecule has 1 rings (SSSR count). The van der Waals surface area contributed by atoms with Gasteiger partial charge in [0.15, 0.2) is 0 Å². The summed E-state index contributed by atoms with van der Waals surface area (Å²) in [4.78, 5) is 12.6. The lowest BCUT2D eigenvalue weighted by Gasteiger charge is -2.12. The SMILES string of the molecule is CCOC(=O)c1ccc(NC)c(SC(C)N)c1. The van der Waals surface area contributed by atoms with Gasteiger partial charge in [0.25, 0.3) is 0 Å². The van der Waals surface area contributed by atoms with E-state index in [9.17, 15) is 4.79 Å². The molecule has 0 spiro atoms. The van der Waals surface area contributed by atoms with Crippen molar-refractivity contribution in [1.82, 2.24) is 0 Å². The molecule has 0 aliphatic carbocycles. The topological polar surface area (TPSA) is 64.3 Å². The van der Waals surface area contributed by atoms with Gasteiger partial charge in [-0.15, -0.1) is 11.8 Å². The zero-order chi connectivity index (χ0) is 12.8. The van der Waals surface area contributed by atoms with Gasteiger partial charge in [0.2, 0.25) is 0 Å². The number of carbonyl (C=O) groups is 1. The fourth-order valence-corrected chi connectivity index (χ4v) is 2.26. The average molecular weight is 254 g/mol. The van der Waals surface area contributed by atoms with Gasteiger partial charge in [-0.25, -0.2) is 4.79 Å². The van der Waals surface area contributed by atoms with Crippen LogP contribution in [0.5, 0.6) is 0 Å². The Kier molecular flexibility index (Phi) is 5.31. The molecule has 17 heavy (non-hydrogen) atoms. The molecule has 0 amide bonds. The summed E-state index contributed by atoms with van der Waals surface area (Å²) >= 11 is 1.51. The molecule has 0 saturated heterocycles. The Bertz CT molecular complexity index is 394. The van der Waals surface area contributed by atoms with Crippen molar-refractivity contribution >= 4 is 23.4 Å². The molecule has 4 nitrogen and oxygen atoms in total. The average Bonchev–Trinajstić information content (AvgIpc) is 2.28. The molecule has 0 saturated carbocycles. The molecule has 0 fully saturated rings. The maximum atomic E-state index is 11.6. The Hall–Kier alpha value is -1.20. The lowest BCUT2D eigenvalue weighted by atomic mass is 10.2. The van der Waals surface area contributed by atoms with Crippen LogP contribution in [0.1, 0.15) is 24.2 Å². The Morgan fingerprint density at radius 3 is 2.82 bits per heavy atom. The van der Waals surface area contributed by atoms with Crippen LogP contribution < -0.4 is 11.1 Å². The predicted molar refractivity (Wildman–Crippen MR) is 71.5 cm³/mol. The molecule has 0 aliphatic rings. The van der Waals surface area contributed by atoms with Gasteiger partial charge in [-0.1, -0.05) is 0 Å². The molecule has 1 atom stereocenters. The normalized spacial score (nSPS) is 12.0. The van der Waals surface area contributed by atoms with Gasteiger partial charge in [0.1, 0.15) is 0 Å². The van der Waals surface area contributed by atoms with Crippen molar-refractivity contribution in [3.05, 3.63) is 23.8 Å². The quantitative estimate of drug-likeness (QED) is 0.479. The highest BCUT2D eigenvalue weighted by Gasteiger charge is 2.11. The predicted octanol–water partition coefficient (Wildman–Crippen LogP) is 2.30. The first kappa shape index (κ1) is 13.9. The number of carbonyl (C=O) groups excluding carboxylic acids is 1. The molecular weight excluding hydrogens is 236 g/mol. The summed E-state index contributed by atoms with van der Waals surface area (Å²) in [6, 6.07) is 5.41. The van der Waals surface area contributed by atoms with E-state index >= 15 is 0 Å². The lowest BCUT2D eigenvalue weighted by Crippen LogP contribution is -2.10. The first-order valence-corrected chi connectivity index (χ1v) is 6.37. The number of anilines is 1. The van der Waals surface area contributed by atoms with Gasteiger partial charge in [-0.2, -0.15) is 0 Å². The van der Waals surface area contributed by atoms with E-state index in [-0.39, 0.29) is 11.3 Å². The van der Waals surface area contributed by atoms with E-state index in [4.69, 9.17) is 10.5 Å². The molecular formula is C12H18N2O2S. The van der Waals surface area contributed by atoms with Crippen LogP contribution in [0.3, 0.4) is 0 Å². The Morgan fingerprint density at radius 1 is 1.59 bits per heavy atom. The van der Waals surface area contributed by atoms with E-state index in [1.807, 2.05) is 20.0 Å². The van der Waals surface area contributed by atoms with Crippen LogP contribution in [-0.4, -0.2) is 25.0 Å². The van der Waals surface area contributed by atoms with Gasteiger partial charge >= 0.3 is 5.97 Å². The molecule has 0 aromatic heterocycles. The van der Waals surface area contributed by atoms with Crippen molar-refractivity contribution in [3.63, 3.8) is 0 Å². The van der Waals surface area contributed by atoms with Crippen LogP contribution in [0.25, 0.3) is 0 Å². The largest absolute Gasteiger partial charge is 0.462 e. The summed E-state index contributed by atoms with van der Waals surface area (Å²) in [7, 11) is 1.84. The van der Waals surface area contributed by atoms with Gasteiger partial charge in [-0.05, 0) is 32.0 Å². The second kappa shape index (κ2) is 6.51. The smallest absolute Gasteiger partial charge is 0.338 e. The van der Waals surface area contributed by atoms with Crippen molar-refractivity contribution in [3.8, 4) is 0 Å². The first-order valence-electron chi connectivity index (χ1n) is 5.49. The zero-order valence-electron chi connectivity index (χ0n) is 10.3. The monoisotopic (exact) mass is 254 g/mol. The summed E-state index contributed by atoms with van der Waals surface area (Å²) in [6.45, 7) is 4.07. The van der Waals surface area contributed by atoms with Gasteiger partial charge in [-0.3, -0.25) is 0 Å². The maximum Gasteiger partial charge on any atom is 0.338 e. The third kappa shape index (κ3) is 3.94. The minimum absolute atomic E-state index is 0.0282. The molecule has 1 aromatic carbocycles. The maximum absolute atomic E-state index is 11.6. The molecule has 0 radical (unpaired) electrons. The lowest BCUT2D eigenvalue weighted by molar-refractivity contribution is 0.0526. The third-order valence-corrected chi connectivity index (χ3v) is 3.04. The van der Waals surface area contributed by atoms with E-state index in [0.717, 1.165) is 10.6 Å². The highest BCUT2D eigenvalue weighted by atomic mass is 32.2. The Balaban J connectivity index is 2.99. The number of thioether (sulfide) groups is 1. The van der Waals surface area contributed by atoms with E-state index in [1.165, 1.54) is 11.8 Å². The second-order valence-electron chi connectivity index (χ2n) is 3.50. The summed E-state index contributed by atoms with van der Waals surface area (Å²) in [6.07, 6.45) is 0. The number of rotatable bonds is 5. The summed E-state index contributed by atoms with van der Waals surface area (Å²) in [5, 5.41) is 3.04. The fourth-order valence-electron chi connectivity index (χ4n) is 1.37. The van der Waals surface area contributed by atoms with Crippen LogP contribution in [0.15, 0.2) is 23.1 Å². The molecule has 5 heteroatoms. The van der Waals surface area contributed by atoms with E-state index < -0.39 is 0 Å². The fraction of sp³-hybridized carbons (Fsp3) is 0.417. The number of nitrogens with one attached hydrogen (secondary N) is 1. The Labute approximate surface area is 106 Å². The molecule has 0 bridgehead atoms. The number of hydrogen-bond donors (Lipinski definition) is 2. The first-order chi connectivity index (χ1) is 8.08. The molecule has 1 aromatic rings. The minimum atomic E-state index is -0.304. The number of ether oxygens (including phenoxy) is 1. The highest BCUT2D eigenvalue weighted by molar-refractivity contribution is 8.00. The molecule has 94 valence electrons. The van der Waals surface area contributed by atoms with Crippen molar-refractivity contribution < 1.29 is 9.53 Å². The van der Waals surface area contributed by atoms with Crippen molar-refractivity contribution in [2.45, 2.75) is 24.1 Å². The standard InChI is InChI=1S/C12H18N2O2S/c1-4-16-12(15)9-5-6-10(14-3)11(7-9)17-8(2)13/h5-8,14H,4,13H2,1-3H3. The van der Waals surface area contributed by atoms with Crippen LogP contribution in [0, 0.1) is 0 Å². The van der Waals surface area contributed by atoms with Gasteiger partial charge in [0, 0.05) is 17.6 Å². The van der Waals surface area contributed by atoms with Crippen LogP contribution in [-0.2, 0) is 4.74 Å². The van der Waals surface area contributed by atoms with Crippen molar-refractivity contribution in [2.24, 2.45) is 5.73 Å². The second-order valence-corrected chi connectivity index (χ2v) is 4.92. The number of benzene rings is 1. The van der Waals surface area contributed by atoms with Gasteiger partial charge in [0.05, 0.1) is 17.5 Å². The molecule has 1 unspecified atom stereocenters. The van der Waals surface area contributed by atoms with E-state index in [1.54, 1.807) is 19.1 Å².